The third-order valence-electron chi connectivity index (χ3n) is 6.21. The van der Waals surface area contributed by atoms with Gasteiger partial charge in [-0.15, -0.1) is 0 Å². The van der Waals surface area contributed by atoms with Crippen molar-refractivity contribution in [2.24, 2.45) is 0 Å². The van der Waals surface area contributed by atoms with Gasteiger partial charge in [-0.3, -0.25) is 9.69 Å². The first kappa shape index (κ1) is 27.7. The topological polar surface area (TPSA) is 29.5 Å². The zero-order valence-electron chi connectivity index (χ0n) is 20.7. The maximum absolute atomic E-state index is 12.7. The van der Waals surface area contributed by atoms with Crippen molar-refractivity contribution in [2.75, 3.05) is 13.1 Å². The second-order valence-electron chi connectivity index (χ2n) is 9.05. The maximum Gasteiger partial charge on any atom is 0.323 e. The molecule has 0 heterocycles. The highest BCUT2D eigenvalue weighted by Crippen LogP contribution is 2.13. The Morgan fingerprint density at radius 1 is 0.742 bits per heavy atom. The standard InChI is InChI=1S/C28H49NO2/c1-4-6-8-10-12-14-19-23-29(24-20-15-13-11-9-7-5-2)26(3)28(30)31-25-27-21-17-16-18-22-27/h16-18,21-22,26H,4-15,19-20,23-25H2,1-3H3. The van der Waals surface area contributed by atoms with E-state index in [0.29, 0.717) is 6.61 Å². The lowest BCUT2D eigenvalue weighted by Gasteiger charge is -2.27. The predicted octanol–water partition coefficient (Wildman–Crippen LogP) is 7.92. The molecule has 0 saturated heterocycles. The molecule has 0 bridgehead atoms. The molecule has 178 valence electrons. The summed E-state index contributed by atoms with van der Waals surface area (Å²) in [5, 5.41) is 0. The number of hydrogen-bond acceptors (Lipinski definition) is 3. The minimum absolute atomic E-state index is 0.0882. The van der Waals surface area contributed by atoms with E-state index in [1.54, 1.807) is 0 Å². The lowest BCUT2D eigenvalue weighted by Crippen LogP contribution is -2.41. The summed E-state index contributed by atoms with van der Waals surface area (Å²) in [5.74, 6) is -0.0882. The summed E-state index contributed by atoms with van der Waals surface area (Å²) in [6, 6.07) is 9.81. The normalized spacial score (nSPS) is 12.3. The number of carbonyl (C=O) groups excluding carboxylic acids is 1. The molecule has 3 heteroatoms. The predicted molar refractivity (Wildman–Crippen MR) is 133 cm³/mol. The summed E-state index contributed by atoms with van der Waals surface area (Å²) in [4.78, 5) is 15.1. The highest BCUT2D eigenvalue weighted by atomic mass is 16.5. The largest absolute Gasteiger partial charge is 0.460 e. The molecule has 0 aliphatic carbocycles. The molecule has 3 nitrogen and oxygen atoms in total. The lowest BCUT2D eigenvalue weighted by atomic mass is 10.1. The van der Waals surface area contributed by atoms with Crippen molar-refractivity contribution >= 4 is 5.97 Å². The first-order valence-corrected chi connectivity index (χ1v) is 13.1. The maximum atomic E-state index is 12.7. The smallest absolute Gasteiger partial charge is 0.323 e. The molecule has 0 aromatic heterocycles. The van der Waals surface area contributed by atoms with Gasteiger partial charge in [-0.2, -0.15) is 0 Å². The third-order valence-corrected chi connectivity index (χ3v) is 6.21. The number of benzene rings is 1. The Bertz CT molecular complexity index is 513. The van der Waals surface area contributed by atoms with Crippen LogP contribution in [0.1, 0.15) is 116 Å². The number of nitrogens with zero attached hydrogens (tertiary/aromatic N) is 1. The van der Waals surface area contributed by atoms with Crippen LogP contribution in [0.2, 0.25) is 0 Å². The Morgan fingerprint density at radius 3 is 1.68 bits per heavy atom. The molecule has 0 fully saturated rings. The monoisotopic (exact) mass is 431 g/mol. The van der Waals surface area contributed by atoms with Crippen LogP contribution in [0.3, 0.4) is 0 Å². The average molecular weight is 432 g/mol. The fraction of sp³-hybridized carbons (Fsp3) is 0.750. The van der Waals surface area contributed by atoms with Crippen molar-refractivity contribution in [3.63, 3.8) is 0 Å². The van der Waals surface area contributed by atoms with Gasteiger partial charge in [-0.1, -0.05) is 121 Å². The van der Waals surface area contributed by atoms with Gasteiger partial charge in [0.25, 0.3) is 0 Å². The molecule has 1 atom stereocenters. The highest BCUT2D eigenvalue weighted by Gasteiger charge is 2.22. The lowest BCUT2D eigenvalue weighted by molar-refractivity contribution is -0.150. The first-order valence-electron chi connectivity index (χ1n) is 13.1. The number of rotatable bonds is 20. The second kappa shape index (κ2) is 19.3. The third kappa shape index (κ3) is 14.4. The summed E-state index contributed by atoms with van der Waals surface area (Å²) in [7, 11) is 0. The van der Waals surface area contributed by atoms with Crippen LogP contribution in [-0.4, -0.2) is 30.0 Å². The molecule has 0 aliphatic rings. The van der Waals surface area contributed by atoms with E-state index in [1.807, 2.05) is 37.3 Å². The van der Waals surface area contributed by atoms with Crippen molar-refractivity contribution in [1.82, 2.24) is 4.90 Å². The highest BCUT2D eigenvalue weighted by molar-refractivity contribution is 5.75. The van der Waals surface area contributed by atoms with Crippen LogP contribution in [-0.2, 0) is 16.1 Å². The van der Waals surface area contributed by atoms with Crippen LogP contribution in [0.4, 0.5) is 0 Å². The molecule has 31 heavy (non-hydrogen) atoms. The Labute approximate surface area is 192 Å². The fourth-order valence-electron chi connectivity index (χ4n) is 4.04. The van der Waals surface area contributed by atoms with Crippen molar-refractivity contribution in [3.8, 4) is 0 Å². The Kier molecular flexibility index (Phi) is 17.3. The Balaban J connectivity index is 2.39. The van der Waals surface area contributed by atoms with Crippen molar-refractivity contribution in [1.29, 1.82) is 0 Å². The zero-order valence-corrected chi connectivity index (χ0v) is 20.7. The van der Waals surface area contributed by atoms with Gasteiger partial charge in [0.2, 0.25) is 0 Å². The van der Waals surface area contributed by atoms with Gasteiger partial charge >= 0.3 is 5.97 Å². The number of hydrogen-bond donors (Lipinski definition) is 0. The van der Waals surface area contributed by atoms with Crippen LogP contribution >= 0.6 is 0 Å². The van der Waals surface area contributed by atoms with Crippen LogP contribution in [0.25, 0.3) is 0 Å². The van der Waals surface area contributed by atoms with E-state index in [2.05, 4.69) is 18.7 Å². The molecular formula is C28H49NO2. The molecule has 0 amide bonds. The van der Waals surface area contributed by atoms with E-state index in [9.17, 15) is 4.79 Å². The van der Waals surface area contributed by atoms with Crippen molar-refractivity contribution in [2.45, 2.75) is 123 Å². The van der Waals surface area contributed by atoms with E-state index >= 15 is 0 Å². The van der Waals surface area contributed by atoms with Gasteiger partial charge in [0, 0.05) is 0 Å². The average Bonchev–Trinajstić information content (AvgIpc) is 2.80. The summed E-state index contributed by atoms with van der Waals surface area (Å²) >= 11 is 0. The van der Waals surface area contributed by atoms with Crippen molar-refractivity contribution < 1.29 is 9.53 Å². The molecule has 1 rings (SSSR count). The molecule has 1 aromatic rings. The molecule has 0 radical (unpaired) electrons. The van der Waals surface area contributed by atoms with E-state index in [1.165, 1.54) is 89.9 Å². The SMILES string of the molecule is CCCCCCCCCN(CCCCCCCCC)C(C)C(=O)OCc1ccccc1. The summed E-state index contributed by atoms with van der Waals surface area (Å²) in [5.41, 5.74) is 1.05. The minimum atomic E-state index is -0.163. The molecule has 1 aromatic carbocycles. The van der Waals surface area contributed by atoms with Crippen LogP contribution in [0.15, 0.2) is 30.3 Å². The van der Waals surface area contributed by atoms with E-state index in [-0.39, 0.29) is 12.0 Å². The Morgan fingerprint density at radius 2 is 1.19 bits per heavy atom. The van der Waals surface area contributed by atoms with Gasteiger partial charge in [0.1, 0.15) is 12.6 Å². The second-order valence-corrected chi connectivity index (χ2v) is 9.05. The quantitative estimate of drug-likeness (QED) is 0.155. The Hall–Kier alpha value is -1.35. The van der Waals surface area contributed by atoms with Crippen LogP contribution in [0, 0.1) is 0 Å². The van der Waals surface area contributed by atoms with Gasteiger partial charge in [0.05, 0.1) is 0 Å². The zero-order chi connectivity index (χ0) is 22.6. The molecule has 0 N–H and O–H groups in total. The van der Waals surface area contributed by atoms with Gasteiger partial charge in [-0.05, 0) is 38.4 Å². The molecular weight excluding hydrogens is 382 g/mol. The van der Waals surface area contributed by atoms with E-state index < -0.39 is 0 Å². The van der Waals surface area contributed by atoms with E-state index in [0.717, 1.165) is 18.7 Å². The van der Waals surface area contributed by atoms with Gasteiger partial charge < -0.3 is 4.74 Å². The molecule has 0 aliphatic heterocycles. The summed E-state index contributed by atoms with van der Waals surface area (Å²) in [6.07, 6.45) is 18.3. The van der Waals surface area contributed by atoms with E-state index in [4.69, 9.17) is 4.74 Å². The van der Waals surface area contributed by atoms with Crippen LogP contribution < -0.4 is 0 Å². The van der Waals surface area contributed by atoms with Gasteiger partial charge in [-0.25, -0.2) is 0 Å². The number of unbranched alkanes of at least 4 members (excludes halogenated alkanes) is 12. The first-order chi connectivity index (χ1) is 15.2. The molecule has 1 unspecified atom stereocenters. The van der Waals surface area contributed by atoms with Crippen LogP contribution in [0.5, 0.6) is 0 Å². The van der Waals surface area contributed by atoms with Crippen molar-refractivity contribution in [3.05, 3.63) is 35.9 Å². The molecule has 0 saturated carbocycles. The number of esters is 1. The van der Waals surface area contributed by atoms with Gasteiger partial charge in [0.15, 0.2) is 0 Å². The fourth-order valence-corrected chi connectivity index (χ4v) is 4.04. The number of carbonyl (C=O) groups is 1. The number of ether oxygens (including phenoxy) is 1. The summed E-state index contributed by atoms with van der Waals surface area (Å²) < 4.78 is 5.63. The minimum Gasteiger partial charge on any atom is -0.460 e. The molecule has 0 spiro atoms. The summed E-state index contributed by atoms with van der Waals surface area (Å²) in [6.45, 7) is 8.93.